The lowest BCUT2D eigenvalue weighted by atomic mass is 10.3. The largest absolute Gasteiger partial charge is 0.456 e. The maximum Gasteiger partial charge on any atom is 0.333 e. The molecule has 9 heteroatoms. The molecule has 0 aromatic rings. The van der Waals surface area contributed by atoms with Gasteiger partial charge < -0.3 is 22.6 Å². The molecular weight excluding hydrogens is 500 g/mol. The Bertz CT molecular complexity index is 702. The molecule has 0 spiro atoms. The monoisotopic (exact) mass is 558 g/mol. The fraction of sp³-hybridized carbons (Fsp3) is 0.786. The summed E-state index contributed by atoms with van der Waals surface area (Å²) in [5.41, 5.74) is 0.900. The molecule has 0 aliphatic carbocycles. The van der Waals surface area contributed by atoms with E-state index in [9.17, 15) is 9.59 Å². The van der Waals surface area contributed by atoms with Gasteiger partial charge in [-0.1, -0.05) is 13.2 Å². The van der Waals surface area contributed by atoms with E-state index in [1.807, 2.05) is 0 Å². The molecule has 0 aromatic carbocycles. The van der Waals surface area contributed by atoms with Crippen LogP contribution in [0.5, 0.6) is 0 Å². The molecule has 0 heterocycles. The zero-order chi connectivity index (χ0) is 28.9. The lowest BCUT2D eigenvalue weighted by Crippen LogP contribution is -2.45. The lowest BCUT2D eigenvalue weighted by molar-refractivity contribution is -0.890. The predicted octanol–water partition coefficient (Wildman–Crippen LogP) is 5.37. The normalized spacial score (nSPS) is 12.8. The molecule has 0 N–H and O–H groups in total. The zero-order valence-electron chi connectivity index (χ0n) is 25.8. The van der Waals surface area contributed by atoms with Crippen LogP contribution < -0.4 is 0 Å². The van der Waals surface area contributed by atoms with Gasteiger partial charge in [-0.15, -0.1) is 0 Å². The first-order valence-electron chi connectivity index (χ1n) is 13.8. The number of carbonyl (C=O) groups excluding carboxylic acids is 2. The number of rotatable bonds is 20. The van der Waals surface area contributed by atoms with Gasteiger partial charge in [-0.2, -0.15) is 0 Å². The standard InChI is InChI=1S/C28H58N2O5Si2/c1-25(2)27(31)33-21-19-29(5,6)17-13-15-23-36(9,10)35-37(11,12)24-16-14-18-30(7,8)20-22-34-28(32)26(3)4/h1,3,13-24H2,2,4-12H3/q+2. The highest BCUT2D eigenvalue weighted by Gasteiger charge is 2.32. The highest BCUT2D eigenvalue weighted by Crippen LogP contribution is 2.25. The number of hydrogen-bond donors (Lipinski definition) is 0. The number of ether oxygens (including phenoxy) is 2. The van der Waals surface area contributed by atoms with Crippen molar-refractivity contribution in [2.75, 3.05) is 67.6 Å². The van der Waals surface area contributed by atoms with Crippen molar-refractivity contribution in [3.05, 3.63) is 24.3 Å². The molecule has 37 heavy (non-hydrogen) atoms. The van der Waals surface area contributed by atoms with Crippen LogP contribution in [-0.2, 0) is 23.2 Å². The Morgan fingerprint density at radius 3 is 1.24 bits per heavy atom. The molecule has 0 aliphatic rings. The topological polar surface area (TPSA) is 61.8 Å². The molecule has 0 fully saturated rings. The van der Waals surface area contributed by atoms with Crippen LogP contribution in [0.4, 0.5) is 0 Å². The second-order valence-corrected chi connectivity index (χ2v) is 22.0. The number of likely N-dealkylation sites (N-methyl/N-ethyl adjacent to an activating group) is 2. The van der Waals surface area contributed by atoms with Gasteiger partial charge in [0.2, 0.25) is 0 Å². The van der Waals surface area contributed by atoms with Crippen molar-refractivity contribution in [1.29, 1.82) is 0 Å². The molecule has 0 radical (unpaired) electrons. The highest BCUT2D eigenvalue weighted by molar-refractivity contribution is 6.84. The number of carbonyl (C=O) groups is 2. The van der Waals surface area contributed by atoms with Crippen molar-refractivity contribution >= 4 is 28.6 Å². The van der Waals surface area contributed by atoms with Gasteiger partial charge >= 0.3 is 11.9 Å². The SMILES string of the molecule is C=C(C)C(=O)OCC[N+](C)(C)CCCC[Si](C)(C)O[Si](C)(C)CCCC[N+](C)(C)CCOC(=O)C(=C)C. The molecule has 0 unspecified atom stereocenters. The minimum Gasteiger partial charge on any atom is -0.456 e. The number of quaternary nitrogens is 2. The molecule has 0 saturated carbocycles. The average molecular weight is 559 g/mol. The van der Waals surface area contributed by atoms with Gasteiger partial charge in [-0.3, -0.25) is 0 Å². The van der Waals surface area contributed by atoms with Crippen LogP contribution in [0.25, 0.3) is 0 Å². The van der Waals surface area contributed by atoms with Crippen molar-refractivity contribution in [3.63, 3.8) is 0 Å². The van der Waals surface area contributed by atoms with E-state index < -0.39 is 16.6 Å². The molecule has 0 amide bonds. The summed E-state index contributed by atoms with van der Waals surface area (Å²) < 4.78 is 19.1. The Labute approximate surface area is 230 Å². The first-order chi connectivity index (χ1) is 16.8. The third-order valence-electron chi connectivity index (χ3n) is 6.69. The molecule has 0 bridgehead atoms. The summed E-state index contributed by atoms with van der Waals surface area (Å²) in [4.78, 5) is 23.1. The molecule has 0 saturated heterocycles. The molecular formula is C28H58N2O5Si2+2. The van der Waals surface area contributed by atoms with E-state index in [-0.39, 0.29) is 11.9 Å². The fourth-order valence-corrected chi connectivity index (χ4v) is 13.3. The summed E-state index contributed by atoms with van der Waals surface area (Å²) in [6.07, 6.45) is 4.66. The van der Waals surface area contributed by atoms with Gasteiger partial charge in [0.1, 0.15) is 26.3 Å². The molecule has 216 valence electrons. The first kappa shape index (κ1) is 35.7. The van der Waals surface area contributed by atoms with E-state index in [1.54, 1.807) is 13.8 Å². The summed E-state index contributed by atoms with van der Waals surface area (Å²) in [6, 6.07) is 2.36. The van der Waals surface area contributed by atoms with Crippen molar-refractivity contribution in [2.24, 2.45) is 0 Å². The smallest absolute Gasteiger partial charge is 0.333 e. The molecule has 7 nitrogen and oxygen atoms in total. The molecule has 0 atom stereocenters. The van der Waals surface area contributed by atoms with Crippen molar-refractivity contribution in [1.82, 2.24) is 0 Å². The third-order valence-corrected chi connectivity index (χ3v) is 14.2. The fourth-order valence-electron chi connectivity index (χ4n) is 4.27. The minimum absolute atomic E-state index is 0.305. The summed E-state index contributed by atoms with van der Waals surface area (Å²) in [5, 5.41) is 0. The molecule has 0 rings (SSSR count). The van der Waals surface area contributed by atoms with Crippen LogP contribution in [0.1, 0.15) is 39.5 Å². The van der Waals surface area contributed by atoms with Crippen LogP contribution in [0.3, 0.4) is 0 Å². The highest BCUT2D eigenvalue weighted by atomic mass is 28.4. The van der Waals surface area contributed by atoms with Crippen molar-refractivity contribution in [3.8, 4) is 0 Å². The van der Waals surface area contributed by atoms with E-state index in [1.165, 1.54) is 24.9 Å². The minimum atomic E-state index is -1.71. The third kappa shape index (κ3) is 18.6. The van der Waals surface area contributed by atoms with Crippen LogP contribution in [0, 0.1) is 0 Å². The number of esters is 2. The van der Waals surface area contributed by atoms with Crippen molar-refractivity contribution in [2.45, 2.75) is 77.8 Å². The van der Waals surface area contributed by atoms with E-state index in [0.717, 1.165) is 48.0 Å². The van der Waals surface area contributed by atoms with E-state index in [4.69, 9.17) is 13.6 Å². The van der Waals surface area contributed by atoms with Crippen LogP contribution in [-0.4, -0.2) is 105 Å². The Kier molecular flexibility index (Phi) is 15.4. The number of nitrogens with zero attached hydrogens (tertiary/aromatic N) is 2. The van der Waals surface area contributed by atoms with Gasteiger partial charge in [-0.05, 0) is 77.8 Å². The van der Waals surface area contributed by atoms with Gasteiger partial charge in [0, 0.05) is 11.1 Å². The van der Waals surface area contributed by atoms with Crippen molar-refractivity contribution < 1.29 is 32.1 Å². The van der Waals surface area contributed by atoms with E-state index in [2.05, 4.69) is 67.5 Å². The average Bonchev–Trinajstić information content (AvgIpc) is 2.73. The Balaban J connectivity index is 4.28. The Morgan fingerprint density at radius 1 is 0.622 bits per heavy atom. The predicted molar refractivity (Wildman–Crippen MR) is 159 cm³/mol. The summed E-state index contributed by atoms with van der Waals surface area (Å²) in [6.45, 7) is 24.7. The van der Waals surface area contributed by atoms with Crippen LogP contribution in [0.15, 0.2) is 24.3 Å². The molecule has 0 aliphatic heterocycles. The van der Waals surface area contributed by atoms with Gasteiger partial charge in [0.15, 0.2) is 16.6 Å². The van der Waals surface area contributed by atoms with Crippen LogP contribution >= 0.6 is 0 Å². The summed E-state index contributed by atoms with van der Waals surface area (Å²) >= 11 is 0. The maximum absolute atomic E-state index is 11.6. The maximum atomic E-state index is 11.6. The quantitative estimate of drug-likeness (QED) is 0.0661. The molecule has 0 aromatic heterocycles. The number of unbranched alkanes of at least 4 members (excludes halogenated alkanes) is 2. The second-order valence-electron chi connectivity index (χ2n) is 13.1. The van der Waals surface area contributed by atoms with Gasteiger partial charge in [-0.25, -0.2) is 9.59 Å². The Hall–Kier alpha value is -1.27. The number of hydrogen-bond acceptors (Lipinski definition) is 5. The Morgan fingerprint density at radius 2 is 0.946 bits per heavy atom. The summed E-state index contributed by atoms with van der Waals surface area (Å²) in [5.74, 6) is -0.609. The van der Waals surface area contributed by atoms with E-state index >= 15 is 0 Å². The van der Waals surface area contributed by atoms with Gasteiger partial charge in [0.25, 0.3) is 0 Å². The lowest BCUT2D eigenvalue weighted by Gasteiger charge is -2.35. The van der Waals surface area contributed by atoms with Gasteiger partial charge in [0.05, 0.1) is 41.3 Å². The van der Waals surface area contributed by atoms with E-state index in [0.29, 0.717) is 24.4 Å². The second kappa shape index (κ2) is 16.0. The van der Waals surface area contributed by atoms with Crippen LogP contribution in [0.2, 0.25) is 38.3 Å². The first-order valence-corrected chi connectivity index (χ1v) is 20.0. The summed E-state index contributed by atoms with van der Waals surface area (Å²) in [7, 11) is 5.36. The zero-order valence-corrected chi connectivity index (χ0v) is 27.8.